The van der Waals surface area contributed by atoms with Crippen molar-refractivity contribution in [2.75, 3.05) is 13.2 Å². The number of carbonyl (C=O) groups is 1. The van der Waals surface area contributed by atoms with Crippen molar-refractivity contribution in [2.45, 2.75) is 25.5 Å². The van der Waals surface area contributed by atoms with E-state index in [1.807, 2.05) is 0 Å². The van der Waals surface area contributed by atoms with Gasteiger partial charge in [0.15, 0.2) is 0 Å². The summed E-state index contributed by atoms with van der Waals surface area (Å²) in [6.07, 6.45) is -1.60. The number of aryl methyl sites for hydroxylation is 1. The summed E-state index contributed by atoms with van der Waals surface area (Å²) in [7, 11) is 0. The molecular formula is C13H18N2O6. The van der Waals surface area contributed by atoms with Crippen LogP contribution in [0.3, 0.4) is 0 Å². The van der Waals surface area contributed by atoms with E-state index in [0.717, 1.165) is 0 Å². The van der Waals surface area contributed by atoms with E-state index >= 15 is 0 Å². The Labute approximate surface area is 121 Å². The van der Waals surface area contributed by atoms with Gasteiger partial charge in [0.2, 0.25) is 0 Å². The molecule has 1 aromatic rings. The van der Waals surface area contributed by atoms with E-state index < -0.39 is 23.0 Å². The van der Waals surface area contributed by atoms with Crippen LogP contribution in [-0.4, -0.2) is 45.4 Å². The van der Waals surface area contributed by atoms with Gasteiger partial charge in [-0.3, -0.25) is 14.9 Å². The SMILES string of the molecule is Cc1ccc(C(O)C(CC(=O)O)NCCO)cc1[N+](=O)[O-]. The third-order valence-corrected chi connectivity index (χ3v) is 3.07. The highest BCUT2D eigenvalue weighted by Gasteiger charge is 2.25. The maximum Gasteiger partial charge on any atom is 0.305 e. The Balaban J connectivity index is 3.01. The molecule has 0 saturated heterocycles. The van der Waals surface area contributed by atoms with Gasteiger partial charge in [-0.25, -0.2) is 0 Å². The second-order valence-electron chi connectivity index (χ2n) is 4.63. The standard InChI is InChI=1S/C13H18N2O6/c1-8-2-3-9(6-11(8)15(20)21)13(19)10(7-12(17)18)14-4-5-16/h2-3,6,10,13-14,16,19H,4-5,7H2,1H3,(H,17,18). The number of nitro benzene ring substituents is 1. The molecule has 1 rings (SSSR count). The summed E-state index contributed by atoms with van der Waals surface area (Å²) < 4.78 is 0. The number of aliphatic hydroxyl groups excluding tert-OH is 2. The third kappa shape index (κ3) is 4.78. The predicted molar refractivity (Wildman–Crippen MR) is 73.9 cm³/mol. The van der Waals surface area contributed by atoms with Crippen LogP contribution in [0.5, 0.6) is 0 Å². The van der Waals surface area contributed by atoms with Gasteiger partial charge < -0.3 is 20.6 Å². The van der Waals surface area contributed by atoms with E-state index in [-0.39, 0.29) is 30.8 Å². The average molecular weight is 298 g/mol. The largest absolute Gasteiger partial charge is 0.481 e. The fourth-order valence-electron chi connectivity index (χ4n) is 1.97. The number of nitrogens with zero attached hydrogens (tertiary/aromatic N) is 1. The van der Waals surface area contributed by atoms with Crippen LogP contribution < -0.4 is 5.32 Å². The molecule has 8 heteroatoms. The number of hydrogen-bond acceptors (Lipinski definition) is 6. The van der Waals surface area contributed by atoms with Gasteiger partial charge in [0.05, 0.1) is 24.1 Å². The second-order valence-corrected chi connectivity index (χ2v) is 4.63. The zero-order chi connectivity index (χ0) is 16.0. The molecule has 0 bridgehead atoms. The van der Waals surface area contributed by atoms with E-state index in [2.05, 4.69) is 5.32 Å². The van der Waals surface area contributed by atoms with Crippen molar-refractivity contribution >= 4 is 11.7 Å². The third-order valence-electron chi connectivity index (χ3n) is 3.07. The van der Waals surface area contributed by atoms with Crippen LogP contribution in [0.2, 0.25) is 0 Å². The highest BCUT2D eigenvalue weighted by molar-refractivity contribution is 5.67. The number of carboxylic acid groups (broad SMARTS) is 1. The topological polar surface area (TPSA) is 133 Å². The van der Waals surface area contributed by atoms with Crippen molar-refractivity contribution in [3.05, 3.63) is 39.4 Å². The maximum atomic E-state index is 10.9. The highest BCUT2D eigenvalue weighted by Crippen LogP contribution is 2.26. The van der Waals surface area contributed by atoms with Gasteiger partial charge >= 0.3 is 5.97 Å². The van der Waals surface area contributed by atoms with Crippen LogP contribution in [0, 0.1) is 17.0 Å². The van der Waals surface area contributed by atoms with Gasteiger partial charge in [-0.05, 0) is 12.5 Å². The van der Waals surface area contributed by atoms with Crippen molar-refractivity contribution in [3.8, 4) is 0 Å². The van der Waals surface area contributed by atoms with Crippen LogP contribution in [0.1, 0.15) is 23.7 Å². The first-order valence-corrected chi connectivity index (χ1v) is 6.35. The van der Waals surface area contributed by atoms with Crippen molar-refractivity contribution in [1.82, 2.24) is 5.32 Å². The van der Waals surface area contributed by atoms with Gasteiger partial charge in [0, 0.05) is 24.2 Å². The lowest BCUT2D eigenvalue weighted by molar-refractivity contribution is -0.385. The van der Waals surface area contributed by atoms with E-state index in [1.165, 1.54) is 18.2 Å². The van der Waals surface area contributed by atoms with Crippen molar-refractivity contribution in [3.63, 3.8) is 0 Å². The smallest absolute Gasteiger partial charge is 0.305 e. The zero-order valence-electron chi connectivity index (χ0n) is 11.5. The van der Waals surface area contributed by atoms with Crippen molar-refractivity contribution in [2.24, 2.45) is 0 Å². The van der Waals surface area contributed by atoms with Crippen molar-refractivity contribution < 1.29 is 25.0 Å². The fraction of sp³-hybridized carbons (Fsp3) is 0.462. The first-order valence-electron chi connectivity index (χ1n) is 6.35. The van der Waals surface area contributed by atoms with E-state index in [9.17, 15) is 20.0 Å². The van der Waals surface area contributed by atoms with Gasteiger partial charge in [-0.15, -0.1) is 0 Å². The minimum Gasteiger partial charge on any atom is -0.481 e. The summed E-state index contributed by atoms with van der Waals surface area (Å²) >= 11 is 0. The molecule has 4 N–H and O–H groups in total. The lowest BCUT2D eigenvalue weighted by Crippen LogP contribution is -2.38. The Morgan fingerprint density at radius 3 is 2.67 bits per heavy atom. The van der Waals surface area contributed by atoms with Crippen LogP contribution >= 0.6 is 0 Å². The van der Waals surface area contributed by atoms with Crippen molar-refractivity contribution in [1.29, 1.82) is 0 Å². The lowest BCUT2D eigenvalue weighted by Gasteiger charge is -2.23. The van der Waals surface area contributed by atoms with Gasteiger partial charge in [-0.2, -0.15) is 0 Å². The van der Waals surface area contributed by atoms with Gasteiger partial charge in [-0.1, -0.05) is 12.1 Å². The lowest BCUT2D eigenvalue weighted by atomic mass is 9.98. The second kappa shape index (κ2) is 7.67. The quantitative estimate of drug-likeness (QED) is 0.402. The molecule has 0 aliphatic heterocycles. The number of aliphatic carboxylic acids is 1. The molecule has 8 nitrogen and oxygen atoms in total. The number of nitrogens with one attached hydrogen (secondary N) is 1. The molecule has 0 aliphatic rings. The molecule has 0 amide bonds. The number of carboxylic acids is 1. The van der Waals surface area contributed by atoms with Crippen LogP contribution in [0.15, 0.2) is 18.2 Å². The van der Waals surface area contributed by atoms with E-state index in [0.29, 0.717) is 5.56 Å². The first kappa shape index (κ1) is 17.0. The van der Waals surface area contributed by atoms with Gasteiger partial charge in [0.25, 0.3) is 5.69 Å². The summed E-state index contributed by atoms with van der Waals surface area (Å²) in [5, 5.41) is 41.4. The normalized spacial score (nSPS) is 13.7. The Morgan fingerprint density at radius 2 is 2.14 bits per heavy atom. The highest BCUT2D eigenvalue weighted by atomic mass is 16.6. The molecule has 0 fully saturated rings. The minimum absolute atomic E-state index is 0.114. The van der Waals surface area contributed by atoms with Crippen LogP contribution in [-0.2, 0) is 4.79 Å². The molecule has 0 saturated carbocycles. The Kier molecular flexibility index (Phi) is 6.22. The minimum atomic E-state index is -1.23. The molecule has 21 heavy (non-hydrogen) atoms. The van der Waals surface area contributed by atoms with E-state index in [4.69, 9.17) is 10.2 Å². The summed E-state index contributed by atoms with van der Waals surface area (Å²) in [6.45, 7) is 1.48. The maximum absolute atomic E-state index is 10.9. The molecule has 0 aromatic heterocycles. The van der Waals surface area contributed by atoms with E-state index in [1.54, 1.807) is 6.92 Å². The molecule has 0 heterocycles. The fourth-order valence-corrected chi connectivity index (χ4v) is 1.97. The van der Waals surface area contributed by atoms with Crippen LogP contribution in [0.25, 0.3) is 0 Å². The summed E-state index contributed by atoms with van der Waals surface area (Å²) in [4.78, 5) is 21.2. The molecule has 0 radical (unpaired) electrons. The number of benzene rings is 1. The Bertz CT molecular complexity index is 519. The Morgan fingerprint density at radius 1 is 1.48 bits per heavy atom. The molecule has 0 spiro atoms. The zero-order valence-corrected chi connectivity index (χ0v) is 11.5. The first-order chi connectivity index (χ1) is 9.86. The summed E-state index contributed by atoms with van der Waals surface area (Å²) in [5.74, 6) is -1.12. The number of nitro groups is 1. The van der Waals surface area contributed by atoms with Gasteiger partial charge in [0.1, 0.15) is 0 Å². The number of rotatable bonds is 8. The molecule has 2 unspecified atom stereocenters. The molecule has 2 atom stereocenters. The predicted octanol–water partition coefficient (Wildman–Crippen LogP) is 0.362. The monoisotopic (exact) mass is 298 g/mol. The summed E-state index contributed by atoms with van der Waals surface area (Å²) in [5.41, 5.74) is 0.570. The molecule has 0 aliphatic carbocycles. The number of hydrogen-bond donors (Lipinski definition) is 4. The molecule has 1 aromatic carbocycles. The average Bonchev–Trinajstić information content (AvgIpc) is 2.42. The Hall–Kier alpha value is -2.03. The molecular weight excluding hydrogens is 280 g/mol. The van der Waals surface area contributed by atoms with Crippen LogP contribution in [0.4, 0.5) is 5.69 Å². The number of aliphatic hydroxyl groups is 2. The summed E-state index contributed by atoms with van der Waals surface area (Å²) in [6, 6.07) is 3.40. The molecule has 116 valence electrons.